The van der Waals surface area contributed by atoms with Crippen molar-refractivity contribution in [3.63, 3.8) is 0 Å². The molecule has 0 saturated carbocycles. The molecule has 1 aliphatic rings. The van der Waals surface area contributed by atoms with E-state index >= 15 is 0 Å². The van der Waals surface area contributed by atoms with Crippen LogP contribution in [0.3, 0.4) is 0 Å². The van der Waals surface area contributed by atoms with Crippen LogP contribution in [0.15, 0.2) is 121 Å². The fourth-order valence-electron chi connectivity index (χ4n) is 3.29. The number of para-hydroxylation sites is 2. The Hall–Kier alpha value is -4.18. The third-order valence-electron chi connectivity index (χ3n) is 5.12. The molecule has 1 aliphatic carbocycles. The van der Waals surface area contributed by atoms with Crippen molar-refractivity contribution < 1.29 is 19.1 Å². The molecule has 0 bridgehead atoms. The van der Waals surface area contributed by atoms with Gasteiger partial charge in [0.1, 0.15) is 11.5 Å². The molecule has 0 aromatic heterocycles. The topological polar surface area (TPSA) is 52.6 Å². The molecule has 3 aromatic carbocycles. The lowest BCUT2D eigenvalue weighted by Gasteiger charge is -2.27. The average molecular weight is 422 g/mol. The second-order valence-electron chi connectivity index (χ2n) is 7.36. The molecule has 0 spiro atoms. The van der Waals surface area contributed by atoms with Crippen molar-refractivity contribution in [2.24, 2.45) is 5.41 Å². The number of rotatable bonds is 6. The number of carbonyl (C=O) groups is 2. The van der Waals surface area contributed by atoms with E-state index in [1.807, 2.05) is 60.7 Å². The summed E-state index contributed by atoms with van der Waals surface area (Å²) in [5.74, 6) is -0.612. The molecule has 0 radical (unpaired) electrons. The van der Waals surface area contributed by atoms with Crippen molar-refractivity contribution in [2.75, 3.05) is 0 Å². The van der Waals surface area contributed by atoms with Crippen molar-refractivity contribution in [1.29, 1.82) is 0 Å². The fourth-order valence-corrected chi connectivity index (χ4v) is 3.29. The number of carbonyl (C=O) groups excluding carboxylic acids is 2. The predicted molar refractivity (Wildman–Crippen MR) is 124 cm³/mol. The molecule has 0 unspecified atom stereocenters. The van der Waals surface area contributed by atoms with Gasteiger partial charge in [0.2, 0.25) is 0 Å². The van der Waals surface area contributed by atoms with Gasteiger partial charge in [-0.25, -0.2) is 0 Å². The Balaban J connectivity index is 1.58. The van der Waals surface area contributed by atoms with Gasteiger partial charge in [-0.15, -0.1) is 0 Å². The van der Waals surface area contributed by atoms with Crippen LogP contribution in [-0.4, -0.2) is 11.9 Å². The first-order valence-corrected chi connectivity index (χ1v) is 10.3. The van der Waals surface area contributed by atoms with E-state index in [0.717, 1.165) is 11.1 Å². The number of hydrogen-bond donors (Lipinski definition) is 0. The van der Waals surface area contributed by atoms with Crippen molar-refractivity contribution >= 4 is 18.0 Å². The first-order valence-electron chi connectivity index (χ1n) is 10.3. The molecule has 0 heterocycles. The van der Waals surface area contributed by atoms with Crippen molar-refractivity contribution in [3.8, 4) is 11.5 Å². The smallest absolute Gasteiger partial charge is 0.333 e. The molecule has 0 fully saturated rings. The van der Waals surface area contributed by atoms with Gasteiger partial charge in [0.25, 0.3) is 0 Å². The van der Waals surface area contributed by atoms with Gasteiger partial charge in [-0.05, 0) is 41.8 Å². The quantitative estimate of drug-likeness (QED) is 0.287. The Labute approximate surface area is 187 Å². The summed E-state index contributed by atoms with van der Waals surface area (Å²) in [7, 11) is 0. The summed E-state index contributed by atoms with van der Waals surface area (Å²) in [6, 6.07) is 27.3. The Bertz CT molecular complexity index is 1110. The molecule has 0 atom stereocenters. The molecule has 4 nitrogen and oxygen atoms in total. The maximum Gasteiger partial charge on any atom is 0.333 e. The van der Waals surface area contributed by atoms with Gasteiger partial charge in [-0.3, -0.25) is 9.59 Å². The SMILES string of the molecule is O=C(Oc1ccccc1)C1(C(=O)Oc2ccccc2)C=CC(C=Cc2ccccc2)=CC1. The monoisotopic (exact) mass is 422 g/mol. The third-order valence-corrected chi connectivity index (χ3v) is 5.12. The maximum absolute atomic E-state index is 13.2. The fraction of sp³-hybridized carbons (Fsp3) is 0.0714. The van der Waals surface area contributed by atoms with Crippen LogP contribution in [0, 0.1) is 5.41 Å². The Kier molecular flexibility index (Phi) is 6.42. The first-order chi connectivity index (χ1) is 15.7. The second kappa shape index (κ2) is 9.75. The first kappa shape index (κ1) is 21.1. The lowest BCUT2D eigenvalue weighted by molar-refractivity contribution is -0.157. The van der Waals surface area contributed by atoms with E-state index in [1.165, 1.54) is 0 Å². The minimum absolute atomic E-state index is 0.134. The normalized spacial score (nSPS) is 14.6. The molecular weight excluding hydrogens is 400 g/mol. The van der Waals surface area contributed by atoms with Crippen molar-refractivity contribution in [2.45, 2.75) is 6.42 Å². The Morgan fingerprint density at radius 2 is 1.19 bits per heavy atom. The Morgan fingerprint density at radius 3 is 1.66 bits per heavy atom. The van der Waals surface area contributed by atoms with Gasteiger partial charge in [0, 0.05) is 0 Å². The summed E-state index contributed by atoms with van der Waals surface area (Å²) in [5.41, 5.74) is 0.380. The zero-order chi connectivity index (χ0) is 22.2. The van der Waals surface area contributed by atoms with Crippen LogP contribution in [0.5, 0.6) is 11.5 Å². The number of hydrogen-bond acceptors (Lipinski definition) is 4. The van der Waals surface area contributed by atoms with E-state index in [9.17, 15) is 9.59 Å². The molecule has 0 saturated heterocycles. The van der Waals surface area contributed by atoms with E-state index in [0.29, 0.717) is 11.5 Å². The zero-order valence-corrected chi connectivity index (χ0v) is 17.4. The molecule has 4 heteroatoms. The molecule has 158 valence electrons. The number of ether oxygens (including phenoxy) is 2. The van der Waals surface area contributed by atoms with Gasteiger partial charge in [0.15, 0.2) is 5.41 Å². The second-order valence-corrected chi connectivity index (χ2v) is 7.36. The summed E-state index contributed by atoms with van der Waals surface area (Å²) >= 11 is 0. The number of benzene rings is 3. The highest BCUT2D eigenvalue weighted by atomic mass is 16.6. The van der Waals surface area contributed by atoms with Gasteiger partial charge < -0.3 is 9.47 Å². The Morgan fingerprint density at radius 1 is 0.688 bits per heavy atom. The van der Waals surface area contributed by atoms with Crippen LogP contribution in [0.2, 0.25) is 0 Å². The van der Waals surface area contributed by atoms with Gasteiger partial charge >= 0.3 is 11.9 Å². The van der Waals surface area contributed by atoms with E-state index in [2.05, 4.69) is 0 Å². The summed E-state index contributed by atoms with van der Waals surface area (Å²) in [4.78, 5) is 26.4. The molecule has 4 rings (SSSR count). The summed E-state index contributed by atoms with van der Waals surface area (Å²) in [6.45, 7) is 0. The van der Waals surface area contributed by atoms with Crippen LogP contribution < -0.4 is 9.47 Å². The van der Waals surface area contributed by atoms with Crippen LogP contribution >= 0.6 is 0 Å². The van der Waals surface area contributed by atoms with Crippen molar-refractivity contribution in [3.05, 3.63) is 126 Å². The van der Waals surface area contributed by atoms with Crippen molar-refractivity contribution in [1.82, 2.24) is 0 Å². The summed E-state index contributed by atoms with van der Waals surface area (Å²) < 4.78 is 11.1. The number of allylic oxidation sites excluding steroid dienone is 4. The molecule has 0 amide bonds. The van der Waals surface area contributed by atoms with Crippen LogP contribution in [0.1, 0.15) is 12.0 Å². The highest BCUT2D eigenvalue weighted by molar-refractivity contribution is 6.04. The summed E-state index contributed by atoms with van der Waals surface area (Å²) in [5, 5.41) is 0. The van der Waals surface area contributed by atoms with E-state index in [-0.39, 0.29) is 6.42 Å². The number of esters is 2. The lowest BCUT2D eigenvalue weighted by Crippen LogP contribution is -2.43. The predicted octanol–water partition coefficient (Wildman–Crippen LogP) is 5.78. The van der Waals surface area contributed by atoms with Gasteiger partial charge in [0.05, 0.1) is 0 Å². The largest absolute Gasteiger partial charge is 0.425 e. The molecule has 0 aliphatic heterocycles. The van der Waals surface area contributed by atoms with Gasteiger partial charge in [-0.1, -0.05) is 97.1 Å². The van der Waals surface area contributed by atoms with Crippen LogP contribution in [-0.2, 0) is 9.59 Å². The highest BCUT2D eigenvalue weighted by Gasteiger charge is 2.47. The molecule has 0 N–H and O–H groups in total. The lowest BCUT2D eigenvalue weighted by atomic mass is 9.79. The van der Waals surface area contributed by atoms with E-state index < -0.39 is 17.4 Å². The molecule has 3 aromatic rings. The molecular formula is C28H22O4. The highest BCUT2D eigenvalue weighted by Crippen LogP contribution is 2.34. The van der Waals surface area contributed by atoms with Crippen LogP contribution in [0.4, 0.5) is 0 Å². The van der Waals surface area contributed by atoms with Crippen LogP contribution in [0.25, 0.3) is 6.08 Å². The van der Waals surface area contributed by atoms with Gasteiger partial charge in [-0.2, -0.15) is 0 Å². The zero-order valence-electron chi connectivity index (χ0n) is 17.4. The standard InChI is InChI=1S/C28H22O4/c29-26(31-24-12-6-2-7-13-24)28(27(30)32-25-14-8-3-9-15-25)20-18-23(19-21-28)17-16-22-10-4-1-5-11-22/h1-20H,21H2. The summed E-state index contributed by atoms with van der Waals surface area (Å²) in [6.07, 6.45) is 9.23. The minimum atomic E-state index is -1.57. The van der Waals surface area contributed by atoms with E-state index in [1.54, 1.807) is 60.7 Å². The molecule has 32 heavy (non-hydrogen) atoms. The maximum atomic E-state index is 13.2. The van der Waals surface area contributed by atoms with E-state index in [4.69, 9.17) is 9.47 Å². The third kappa shape index (κ3) is 4.93. The minimum Gasteiger partial charge on any atom is -0.425 e. The average Bonchev–Trinajstić information content (AvgIpc) is 2.85.